The van der Waals surface area contributed by atoms with Gasteiger partial charge in [0.25, 0.3) is 0 Å². The largest absolute Gasteiger partial charge is 0.490 e. The Balaban J connectivity index is 1.49. The van der Waals surface area contributed by atoms with Crippen LogP contribution in [0.4, 0.5) is 5.82 Å². The molecule has 0 radical (unpaired) electrons. The lowest BCUT2D eigenvalue weighted by Gasteiger charge is -2.08. The summed E-state index contributed by atoms with van der Waals surface area (Å²) in [4.78, 5) is 12.8. The van der Waals surface area contributed by atoms with Gasteiger partial charge in [-0.1, -0.05) is 30.3 Å². The average molecular weight is 306 g/mol. The quantitative estimate of drug-likeness (QED) is 0.680. The van der Waals surface area contributed by atoms with Crippen LogP contribution in [0.1, 0.15) is 11.4 Å². The van der Waals surface area contributed by atoms with Crippen LogP contribution in [0.2, 0.25) is 0 Å². The van der Waals surface area contributed by atoms with Crippen LogP contribution in [-0.2, 0) is 6.42 Å². The summed E-state index contributed by atoms with van der Waals surface area (Å²) in [6.45, 7) is 1.21. The molecule has 23 heavy (non-hydrogen) atoms. The fourth-order valence-electron chi connectivity index (χ4n) is 2.14. The molecule has 5 heteroatoms. The van der Waals surface area contributed by atoms with Gasteiger partial charge in [0, 0.05) is 18.8 Å². The molecule has 2 heterocycles. The van der Waals surface area contributed by atoms with E-state index in [0.29, 0.717) is 13.2 Å². The van der Waals surface area contributed by atoms with Crippen LogP contribution in [0.3, 0.4) is 0 Å². The molecule has 0 aliphatic carbocycles. The Labute approximate surface area is 135 Å². The molecule has 3 aromatic rings. The van der Waals surface area contributed by atoms with Crippen molar-refractivity contribution in [2.75, 3.05) is 18.5 Å². The predicted molar refractivity (Wildman–Crippen MR) is 89.5 cm³/mol. The Morgan fingerprint density at radius 2 is 1.87 bits per heavy atom. The Hall–Kier alpha value is -2.95. The number of ether oxygens (including phenoxy) is 1. The van der Waals surface area contributed by atoms with E-state index in [-0.39, 0.29) is 0 Å². The van der Waals surface area contributed by atoms with Gasteiger partial charge in [0.2, 0.25) is 0 Å². The zero-order chi connectivity index (χ0) is 15.7. The molecule has 1 aromatic carbocycles. The first kappa shape index (κ1) is 15.0. The van der Waals surface area contributed by atoms with Crippen molar-refractivity contribution in [3.05, 3.63) is 78.5 Å². The van der Waals surface area contributed by atoms with E-state index < -0.39 is 0 Å². The molecule has 0 saturated carbocycles. The van der Waals surface area contributed by atoms with E-state index in [0.717, 1.165) is 23.8 Å². The summed E-state index contributed by atoms with van der Waals surface area (Å²) in [6.07, 6.45) is 5.92. The van der Waals surface area contributed by atoms with Crippen LogP contribution in [0.5, 0.6) is 5.75 Å². The SMILES string of the molecule is c1ccc(Cc2nccc(NCCOc3cccnc3)n2)cc1. The van der Waals surface area contributed by atoms with Crippen LogP contribution >= 0.6 is 0 Å². The van der Waals surface area contributed by atoms with Gasteiger partial charge in [-0.05, 0) is 23.8 Å². The van der Waals surface area contributed by atoms with Crippen molar-refractivity contribution >= 4 is 5.82 Å². The van der Waals surface area contributed by atoms with Gasteiger partial charge < -0.3 is 10.1 Å². The smallest absolute Gasteiger partial charge is 0.137 e. The molecule has 0 fully saturated rings. The fraction of sp³-hybridized carbons (Fsp3) is 0.167. The molecule has 0 aliphatic heterocycles. The molecule has 0 amide bonds. The summed E-state index contributed by atoms with van der Waals surface area (Å²) < 4.78 is 5.59. The van der Waals surface area contributed by atoms with Crippen LogP contribution in [-0.4, -0.2) is 28.1 Å². The molecule has 0 unspecified atom stereocenters. The van der Waals surface area contributed by atoms with Crippen molar-refractivity contribution < 1.29 is 4.74 Å². The third kappa shape index (κ3) is 4.78. The molecule has 0 atom stereocenters. The molecule has 116 valence electrons. The van der Waals surface area contributed by atoms with Crippen molar-refractivity contribution in [2.24, 2.45) is 0 Å². The number of nitrogens with zero attached hydrogens (tertiary/aromatic N) is 3. The Bertz CT molecular complexity index is 719. The topological polar surface area (TPSA) is 59.9 Å². The molecular weight excluding hydrogens is 288 g/mol. The van der Waals surface area contributed by atoms with Crippen molar-refractivity contribution in [3.63, 3.8) is 0 Å². The van der Waals surface area contributed by atoms with Crippen molar-refractivity contribution in [3.8, 4) is 5.75 Å². The average Bonchev–Trinajstić information content (AvgIpc) is 2.61. The highest BCUT2D eigenvalue weighted by molar-refractivity contribution is 5.33. The number of benzene rings is 1. The molecule has 0 bridgehead atoms. The number of pyridine rings is 1. The normalized spacial score (nSPS) is 10.3. The summed E-state index contributed by atoms with van der Waals surface area (Å²) in [5, 5.41) is 3.24. The maximum Gasteiger partial charge on any atom is 0.137 e. The van der Waals surface area contributed by atoms with E-state index in [2.05, 4.69) is 32.4 Å². The van der Waals surface area contributed by atoms with Gasteiger partial charge in [-0.25, -0.2) is 9.97 Å². The number of hydrogen-bond acceptors (Lipinski definition) is 5. The third-order valence-electron chi connectivity index (χ3n) is 3.22. The van der Waals surface area contributed by atoms with E-state index in [1.807, 2.05) is 36.4 Å². The minimum Gasteiger partial charge on any atom is -0.490 e. The maximum absolute atomic E-state index is 5.59. The lowest BCUT2D eigenvalue weighted by atomic mass is 10.1. The van der Waals surface area contributed by atoms with E-state index in [1.54, 1.807) is 18.6 Å². The summed E-state index contributed by atoms with van der Waals surface area (Å²) in [5.41, 5.74) is 1.20. The lowest BCUT2D eigenvalue weighted by Crippen LogP contribution is -2.13. The van der Waals surface area contributed by atoms with Gasteiger partial charge in [-0.15, -0.1) is 0 Å². The standard InChI is InChI=1S/C18H18N4O/c1-2-5-15(6-3-1)13-18-20-10-8-17(22-18)21-11-12-23-16-7-4-9-19-14-16/h1-10,14H,11-13H2,(H,20,21,22). The molecule has 0 aliphatic rings. The molecule has 0 spiro atoms. The second-order valence-corrected chi connectivity index (χ2v) is 4.98. The van der Waals surface area contributed by atoms with E-state index >= 15 is 0 Å². The Kier molecular flexibility index (Phi) is 5.13. The lowest BCUT2D eigenvalue weighted by molar-refractivity contribution is 0.331. The fourth-order valence-corrected chi connectivity index (χ4v) is 2.14. The van der Waals surface area contributed by atoms with E-state index in [1.165, 1.54) is 5.56 Å². The zero-order valence-corrected chi connectivity index (χ0v) is 12.7. The van der Waals surface area contributed by atoms with Gasteiger partial charge in [0.15, 0.2) is 0 Å². The highest BCUT2D eigenvalue weighted by Crippen LogP contribution is 2.08. The monoisotopic (exact) mass is 306 g/mol. The molecule has 0 saturated heterocycles. The second kappa shape index (κ2) is 7.89. The van der Waals surface area contributed by atoms with E-state index in [4.69, 9.17) is 4.74 Å². The summed E-state index contributed by atoms with van der Waals surface area (Å²) >= 11 is 0. The summed E-state index contributed by atoms with van der Waals surface area (Å²) in [6, 6.07) is 15.8. The maximum atomic E-state index is 5.59. The van der Waals surface area contributed by atoms with Gasteiger partial charge in [0.1, 0.15) is 24.0 Å². The van der Waals surface area contributed by atoms with E-state index in [9.17, 15) is 0 Å². The molecule has 3 rings (SSSR count). The van der Waals surface area contributed by atoms with Crippen LogP contribution in [0, 0.1) is 0 Å². The third-order valence-corrected chi connectivity index (χ3v) is 3.22. The minimum absolute atomic E-state index is 0.545. The number of anilines is 1. The first-order chi connectivity index (χ1) is 11.4. The Morgan fingerprint density at radius 1 is 0.957 bits per heavy atom. The highest BCUT2D eigenvalue weighted by Gasteiger charge is 2.01. The van der Waals surface area contributed by atoms with Gasteiger partial charge in [0.05, 0.1) is 12.7 Å². The molecule has 5 nitrogen and oxygen atoms in total. The molecule has 2 aromatic heterocycles. The first-order valence-electron chi connectivity index (χ1n) is 7.53. The minimum atomic E-state index is 0.545. The summed E-state index contributed by atoms with van der Waals surface area (Å²) in [7, 11) is 0. The van der Waals surface area contributed by atoms with Crippen LogP contribution in [0.15, 0.2) is 67.1 Å². The molecule has 1 N–H and O–H groups in total. The number of aromatic nitrogens is 3. The van der Waals surface area contributed by atoms with Crippen molar-refractivity contribution in [1.82, 2.24) is 15.0 Å². The van der Waals surface area contributed by atoms with Gasteiger partial charge in [-0.2, -0.15) is 0 Å². The van der Waals surface area contributed by atoms with Crippen LogP contribution in [0.25, 0.3) is 0 Å². The van der Waals surface area contributed by atoms with Gasteiger partial charge in [-0.3, -0.25) is 4.98 Å². The Morgan fingerprint density at radius 3 is 2.70 bits per heavy atom. The van der Waals surface area contributed by atoms with Crippen LogP contribution < -0.4 is 10.1 Å². The summed E-state index contributed by atoms with van der Waals surface area (Å²) in [5.74, 6) is 2.37. The first-order valence-corrected chi connectivity index (χ1v) is 7.53. The highest BCUT2D eigenvalue weighted by atomic mass is 16.5. The number of nitrogens with one attached hydrogen (secondary N) is 1. The van der Waals surface area contributed by atoms with Crippen molar-refractivity contribution in [1.29, 1.82) is 0 Å². The van der Waals surface area contributed by atoms with Crippen molar-refractivity contribution in [2.45, 2.75) is 6.42 Å². The molecular formula is C18H18N4O. The zero-order valence-electron chi connectivity index (χ0n) is 12.7. The number of hydrogen-bond donors (Lipinski definition) is 1. The second-order valence-electron chi connectivity index (χ2n) is 4.98. The van der Waals surface area contributed by atoms with Gasteiger partial charge >= 0.3 is 0 Å². The number of rotatable bonds is 7. The predicted octanol–water partition coefficient (Wildman–Crippen LogP) is 2.95.